The number of ether oxygens (including phenoxy) is 8. The van der Waals surface area contributed by atoms with Crippen LogP contribution in [0.2, 0.25) is 0 Å². The van der Waals surface area contributed by atoms with Crippen molar-refractivity contribution in [2.75, 3.05) is 166 Å². The topological polar surface area (TPSA) is 397 Å². The molecule has 0 radical (unpaired) electrons. The Balaban J connectivity index is 0.000000150. The van der Waals surface area contributed by atoms with Gasteiger partial charge in [0.15, 0.2) is 11.3 Å². The number of pyridine rings is 3. The van der Waals surface area contributed by atoms with Crippen molar-refractivity contribution in [2.45, 2.75) is 115 Å². The molecule has 0 bridgehead atoms. The number of dihydropyridines is 1. The lowest BCUT2D eigenvalue weighted by Crippen LogP contribution is -2.46. The first-order valence-corrected chi connectivity index (χ1v) is 38.7. The number of carbonyl (C=O) groups is 5. The van der Waals surface area contributed by atoms with E-state index in [0.29, 0.717) is 144 Å². The van der Waals surface area contributed by atoms with Crippen molar-refractivity contribution in [3.8, 4) is 17.6 Å². The highest BCUT2D eigenvalue weighted by Crippen LogP contribution is 2.36. The van der Waals surface area contributed by atoms with Gasteiger partial charge in [0.05, 0.1) is 96.0 Å². The number of nitrogens with two attached hydrogens (primary N) is 1. The molecule has 3 aliphatic carbocycles. The Morgan fingerprint density at radius 1 is 0.579 bits per heavy atom. The molecule has 1 atom stereocenters. The number of hydrogen-bond donors (Lipinski definition) is 7. The van der Waals surface area contributed by atoms with Crippen LogP contribution in [-0.4, -0.2) is 280 Å². The number of amides is 5. The number of nitrogens with zero attached hydrogens (tertiary/aromatic N) is 16. The number of aliphatic imine (C=N–C) groups is 2. The second-order valence-electron chi connectivity index (χ2n) is 29.9. The molecule has 6 fully saturated rings. The summed E-state index contributed by atoms with van der Waals surface area (Å²) in [6.45, 7) is 23.7. The quantitative estimate of drug-likeness (QED) is 0.0300. The first-order valence-electron chi connectivity index (χ1n) is 38.3. The Bertz CT molecular complexity index is 4650. The molecule has 8 N–H and O–H groups in total. The van der Waals surface area contributed by atoms with Gasteiger partial charge in [0.2, 0.25) is 17.6 Å². The highest BCUT2D eigenvalue weighted by Gasteiger charge is 2.40. The molecule has 1 unspecified atom stereocenters. The summed E-state index contributed by atoms with van der Waals surface area (Å²) in [5.41, 5.74) is 8.86. The molecule has 3 saturated heterocycles. The van der Waals surface area contributed by atoms with E-state index in [1.807, 2.05) is 59.7 Å². The lowest BCUT2D eigenvalue weighted by atomic mass is 10.0. The number of morpholine rings is 3. The summed E-state index contributed by atoms with van der Waals surface area (Å²) in [6, 6.07) is 14.4. The van der Waals surface area contributed by atoms with E-state index in [9.17, 15) is 24.0 Å². The number of rotatable bonds is 25. The minimum Gasteiger partial charge on any atom is -0.480 e. The molecular formula is C77H102ClN23O13. The Kier molecular flexibility index (Phi) is 27.7. The second kappa shape index (κ2) is 38.3. The van der Waals surface area contributed by atoms with Gasteiger partial charge in [-0.25, -0.2) is 39.5 Å². The zero-order valence-electron chi connectivity index (χ0n) is 65.9. The molecule has 12 heterocycles. The number of allylic oxidation sites excluding steroid dienone is 1. The number of fused-ring (bicyclic) bond motifs is 3. The van der Waals surface area contributed by atoms with Crippen molar-refractivity contribution in [3.05, 3.63) is 114 Å². The maximum absolute atomic E-state index is 13.6. The third-order valence-electron chi connectivity index (χ3n) is 18.6. The van der Waals surface area contributed by atoms with Crippen molar-refractivity contribution >= 4 is 105 Å². The van der Waals surface area contributed by atoms with Crippen LogP contribution in [-0.2, 0) is 28.5 Å². The van der Waals surface area contributed by atoms with Crippen molar-refractivity contribution in [1.82, 2.24) is 79.7 Å². The van der Waals surface area contributed by atoms with Crippen LogP contribution in [0.3, 0.4) is 0 Å². The summed E-state index contributed by atoms with van der Waals surface area (Å²) in [6.07, 6.45) is 16.0. The van der Waals surface area contributed by atoms with Gasteiger partial charge in [-0.1, -0.05) is 11.6 Å². The van der Waals surface area contributed by atoms with Gasteiger partial charge >= 0.3 is 12.2 Å². The molecule has 37 heteroatoms. The van der Waals surface area contributed by atoms with Crippen LogP contribution >= 0.6 is 11.6 Å². The lowest BCUT2D eigenvalue weighted by Gasteiger charge is -2.34. The third kappa shape index (κ3) is 23.0. The van der Waals surface area contributed by atoms with Crippen LogP contribution in [0.1, 0.15) is 101 Å². The Labute approximate surface area is 665 Å². The molecular weight excluding hydrogens is 1490 g/mol. The third-order valence-corrected chi connectivity index (χ3v) is 18.8. The zero-order valence-corrected chi connectivity index (χ0v) is 66.6. The standard InChI is InChI=1S/C27H36N8O5.C22H30ClN5O4.C22H28N8O3.C6H8N2O/c1-27(2,3)40-26(37)34(11-10-33-12-14-39-15-13-33)22-16-21(31-20-6-5-9-28-25(20)38-4)32-23-19(17-29-35(22)23)24(36)30-18-7-8-18;1-22(2,3)32-21(30)28(7-6-27-8-10-31-11-9-27)16-12-17(23)26-18-15(13-24-19(16)18)20(29)25-14-4-5-14;1-32-22-17(3-2-6-24-22)27-18-13-19(23-7-8-29-9-11-33-12-10-29)30-20(28-18)16(14-25-30)21(31)26-15-4-5-15;1-9-6-5(7)3-2-4-8-6/h5-6,9,16-18H,7-8,10-15H2,1-4H3,(H,30,36)(H,31,32);12-14,19H,4-11H2,1-3H3,(H,25,29);2-3,6,13-15,23H,4-5,7-12H2,1H3,(H,26,31)(H,27,28);2-4H,7H2,1H3. The molecule has 0 aromatic carbocycles. The molecule has 15 rings (SSSR count). The predicted molar refractivity (Wildman–Crippen MR) is 429 cm³/mol. The molecule has 114 heavy (non-hydrogen) atoms. The predicted octanol–water partition coefficient (Wildman–Crippen LogP) is 7.10. The van der Waals surface area contributed by atoms with Crippen LogP contribution in [0.5, 0.6) is 17.6 Å². The summed E-state index contributed by atoms with van der Waals surface area (Å²) in [5.74, 6) is 2.78. The molecule has 5 aliphatic heterocycles. The number of halogens is 1. The smallest absolute Gasteiger partial charge is 0.416 e. The van der Waals surface area contributed by atoms with Crippen LogP contribution in [0.4, 0.5) is 49.9 Å². The molecule has 610 valence electrons. The van der Waals surface area contributed by atoms with Gasteiger partial charge < -0.3 is 75.5 Å². The number of aromatic nitrogens is 9. The van der Waals surface area contributed by atoms with Gasteiger partial charge in [0.1, 0.15) is 68.2 Å². The normalized spacial score (nSPS) is 17.7. The van der Waals surface area contributed by atoms with E-state index in [1.54, 1.807) is 84.8 Å². The number of nitrogen functional groups attached to an aromatic ring is 1. The van der Waals surface area contributed by atoms with Crippen LogP contribution < -0.4 is 56.7 Å². The molecule has 3 saturated carbocycles. The summed E-state index contributed by atoms with van der Waals surface area (Å²) in [5, 5.41) is 28.1. The summed E-state index contributed by atoms with van der Waals surface area (Å²) >= 11 is 6.34. The van der Waals surface area contributed by atoms with E-state index in [0.717, 1.165) is 110 Å². The SMILES string of the molecule is CC(C)(C)OC(=O)N(CCN1CCOCC1)C1=CC(Cl)=NC2=C(C(=O)NC3CC3)C=NC12.COc1ncccc1N.COc1ncccc1Nc1cc(N(CCN2CCOCC2)C(=O)OC(C)(C)C)n2ncc(C(=O)NC3CC3)c2n1.COc1ncccc1Nc1cc(NCCN2CCOCC2)n2ncc(C(=O)NC3CC3)c2n1. The highest BCUT2D eigenvalue weighted by atomic mass is 35.5. The van der Waals surface area contributed by atoms with E-state index < -0.39 is 29.4 Å². The number of hydrogen-bond acceptors (Lipinski definition) is 29. The lowest BCUT2D eigenvalue weighted by molar-refractivity contribution is -0.117. The molecule has 5 amide bonds. The van der Waals surface area contributed by atoms with Crippen LogP contribution in [0, 0.1) is 0 Å². The Morgan fingerprint density at radius 2 is 1.03 bits per heavy atom. The Hall–Kier alpha value is -10.9. The number of anilines is 7. The van der Waals surface area contributed by atoms with Crippen molar-refractivity contribution in [3.63, 3.8) is 0 Å². The van der Waals surface area contributed by atoms with Gasteiger partial charge in [0.25, 0.3) is 17.7 Å². The van der Waals surface area contributed by atoms with E-state index in [4.69, 9.17) is 65.2 Å². The second-order valence-corrected chi connectivity index (χ2v) is 30.3. The number of methoxy groups -OCH3 is 3. The maximum Gasteiger partial charge on any atom is 0.416 e. The average molecular weight is 1590 g/mol. The largest absolute Gasteiger partial charge is 0.480 e. The molecule has 7 aromatic rings. The van der Waals surface area contributed by atoms with Gasteiger partial charge in [-0.05, 0) is 123 Å². The fourth-order valence-electron chi connectivity index (χ4n) is 12.4. The van der Waals surface area contributed by atoms with Crippen molar-refractivity contribution in [1.29, 1.82) is 0 Å². The summed E-state index contributed by atoms with van der Waals surface area (Å²) < 4.78 is 46.6. The highest BCUT2D eigenvalue weighted by molar-refractivity contribution is 6.68. The van der Waals surface area contributed by atoms with Crippen molar-refractivity contribution in [2.24, 2.45) is 9.98 Å². The zero-order chi connectivity index (χ0) is 80.5. The summed E-state index contributed by atoms with van der Waals surface area (Å²) in [4.78, 5) is 106. The fourth-order valence-corrected chi connectivity index (χ4v) is 12.6. The van der Waals surface area contributed by atoms with Crippen molar-refractivity contribution < 1.29 is 61.9 Å². The first kappa shape index (κ1) is 82.6. The average Bonchev–Trinajstić information content (AvgIpc) is 1.58. The minimum absolute atomic E-state index is 0.157. The Morgan fingerprint density at radius 3 is 1.51 bits per heavy atom. The van der Waals surface area contributed by atoms with Crippen LogP contribution in [0.25, 0.3) is 11.3 Å². The monoisotopic (exact) mass is 1590 g/mol. The van der Waals surface area contributed by atoms with E-state index in [2.05, 4.69) is 81.7 Å². The fraction of sp³-hybridized carbons (Fsp3) is 0.506. The van der Waals surface area contributed by atoms with Gasteiger partial charge in [-0.15, -0.1) is 0 Å². The maximum atomic E-state index is 13.6. The minimum atomic E-state index is -0.718. The first-order chi connectivity index (χ1) is 55.0. The van der Waals surface area contributed by atoms with Crippen LogP contribution in [0.15, 0.2) is 113 Å². The molecule has 7 aromatic heterocycles. The van der Waals surface area contributed by atoms with Gasteiger partial charge in [-0.3, -0.25) is 43.9 Å². The number of carbonyl (C=O) groups excluding carboxylic acids is 5. The van der Waals surface area contributed by atoms with E-state index in [1.165, 1.54) is 28.9 Å². The van der Waals surface area contributed by atoms with Gasteiger partial charge in [0, 0.05) is 134 Å². The van der Waals surface area contributed by atoms with E-state index in [-0.39, 0.29) is 41.0 Å². The van der Waals surface area contributed by atoms with Gasteiger partial charge in [-0.2, -0.15) is 19.2 Å². The van der Waals surface area contributed by atoms with E-state index >= 15 is 0 Å². The number of nitrogens with one attached hydrogen (secondary N) is 6. The molecule has 8 aliphatic rings. The molecule has 36 nitrogen and oxygen atoms in total. The molecule has 0 spiro atoms. The summed E-state index contributed by atoms with van der Waals surface area (Å²) in [7, 11) is 4.64.